The fourth-order valence-corrected chi connectivity index (χ4v) is 2.45. The fourth-order valence-electron chi connectivity index (χ4n) is 1.89. The van der Waals surface area contributed by atoms with Crippen molar-refractivity contribution in [1.29, 1.82) is 0 Å². The van der Waals surface area contributed by atoms with Gasteiger partial charge in [0, 0.05) is 22.6 Å². The van der Waals surface area contributed by atoms with Gasteiger partial charge in [-0.25, -0.2) is 0 Å². The SMILES string of the molecule is CCCC(CN)C(=O)Nc1cc([N+](=O)[O-])c(C)cc1Br. The third-order valence-corrected chi connectivity index (χ3v) is 3.69. The molecule has 1 amide bonds. The summed E-state index contributed by atoms with van der Waals surface area (Å²) >= 11 is 3.30. The maximum atomic E-state index is 12.1. The van der Waals surface area contributed by atoms with Crippen molar-refractivity contribution in [2.75, 3.05) is 11.9 Å². The summed E-state index contributed by atoms with van der Waals surface area (Å²) in [6, 6.07) is 2.97. The van der Waals surface area contributed by atoms with Gasteiger partial charge >= 0.3 is 0 Å². The lowest BCUT2D eigenvalue weighted by Crippen LogP contribution is -2.29. The highest BCUT2D eigenvalue weighted by Crippen LogP contribution is 2.31. The first-order valence-corrected chi connectivity index (χ1v) is 7.15. The molecule has 0 spiro atoms. The van der Waals surface area contributed by atoms with Gasteiger partial charge in [0.15, 0.2) is 0 Å². The van der Waals surface area contributed by atoms with Gasteiger partial charge in [-0.1, -0.05) is 13.3 Å². The molecule has 1 aromatic carbocycles. The number of rotatable bonds is 6. The summed E-state index contributed by atoms with van der Waals surface area (Å²) in [5.74, 6) is -0.500. The number of hydrogen-bond acceptors (Lipinski definition) is 4. The molecule has 1 unspecified atom stereocenters. The van der Waals surface area contributed by atoms with Gasteiger partial charge in [-0.15, -0.1) is 0 Å². The Morgan fingerprint density at radius 2 is 2.20 bits per heavy atom. The Morgan fingerprint density at radius 3 is 2.70 bits per heavy atom. The van der Waals surface area contributed by atoms with Crippen LogP contribution in [0.5, 0.6) is 0 Å². The molecule has 7 heteroatoms. The van der Waals surface area contributed by atoms with Gasteiger partial charge in [0.25, 0.3) is 5.69 Å². The number of benzene rings is 1. The van der Waals surface area contributed by atoms with E-state index < -0.39 is 4.92 Å². The number of nitrogens with zero attached hydrogens (tertiary/aromatic N) is 1. The molecule has 3 N–H and O–H groups in total. The van der Waals surface area contributed by atoms with Crippen LogP contribution in [0, 0.1) is 23.0 Å². The molecule has 0 saturated heterocycles. The molecule has 0 fully saturated rings. The predicted molar refractivity (Wildman–Crippen MR) is 81.6 cm³/mol. The number of carbonyl (C=O) groups excluding carboxylic acids is 1. The van der Waals surface area contributed by atoms with Gasteiger partial charge in [0.2, 0.25) is 5.91 Å². The van der Waals surface area contributed by atoms with E-state index in [1.54, 1.807) is 13.0 Å². The number of nitrogens with two attached hydrogens (primary N) is 1. The predicted octanol–water partition coefficient (Wildman–Crippen LogP) is 2.98. The lowest BCUT2D eigenvalue weighted by atomic mass is 10.0. The Labute approximate surface area is 126 Å². The summed E-state index contributed by atoms with van der Waals surface area (Å²) in [6.45, 7) is 3.88. The summed E-state index contributed by atoms with van der Waals surface area (Å²) in [4.78, 5) is 22.5. The number of aryl methyl sites for hydroxylation is 1. The summed E-state index contributed by atoms with van der Waals surface area (Å²) in [6.07, 6.45) is 1.54. The highest BCUT2D eigenvalue weighted by Gasteiger charge is 2.19. The molecule has 20 heavy (non-hydrogen) atoms. The van der Waals surface area contributed by atoms with E-state index in [1.807, 2.05) is 6.92 Å². The Morgan fingerprint density at radius 1 is 1.55 bits per heavy atom. The van der Waals surface area contributed by atoms with Crippen LogP contribution in [0.15, 0.2) is 16.6 Å². The summed E-state index contributed by atoms with van der Waals surface area (Å²) in [5.41, 5.74) is 6.47. The Kier molecular flexibility index (Phi) is 6.09. The van der Waals surface area contributed by atoms with Gasteiger partial charge < -0.3 is 11.1 Å². The van der Waals surface area contributed by atoms with Crippen molar-refractivity contribution < 1.29 is 9.72 Å². The Balaban J connectivity index is 3.00. The molecule has 1 aromatic rings. The minimum absolute atomic E-state index is 0.0247. The van der Waals surface area contributed by atoms with Crippen molar-refractivity contribution in [3.05, 3.63) is 32.3 Å². The molecule has 0 saturated carbocycles. The van der Waals surface area contributed by atoms with Crippen molar-refractivity contribution in [3.8, 4) is 0 Å². The number of nitro benzene ring substituents is 1. The maximum absolute atomic E-state index is 12.1. The second kappa shape index (κ2) is 7.35. The van der Waals surface area contributed by atoms with Crippen LogP contribution < -0.4 is 11.1 Å². The molecule has 110 valence electrons. The molecule has 0 aliphatic carbocycles. The van der Waals surface area contributed by atoms with Gasteiger partial charge in [0.1, 0.15) is 0 Å². The van der Waals surface area contributed by atoms with E-state index in [1.165, 1.54) is 6.07 Å². The fraction of sp³-hybridized carbons (Fsp3) is 0.462. The molecule has 1 rings (SSSR count). The van der Waals surface area contributed by atoms with Crippen LogP contribution in [0.25, 0.3) is 0 Å². The second-order valence-corrected chi connectivity index (χ2v) is 5.44. The largest absolute Gasteiger partial charge is 0.330 e. The standard InChI is InChI=1S/C13H18BrN3O3/c1-3-4-9(7-15)13(18)16-11-6-12(17(19)20)8(2)5-10(11)14/h5-6,9H,3-4,7,15H2,1-2H3,(H,16,18). The number of hydrogen-bond donors (Lipinski definition) is 2. The van der Waals surface area contributed by atoms with E-state index >= 15 is 0 Å². The number of anilines is 1. The van der Waals surface area contributed by atoms with Crippen LogP contribution in [0.1, 0.15) is 25.3 Å². The van der Waals surface area contributed by atoms with Crippen LogP contribution in [0.2, 0.25) is 0 Å². The first kappa shape index (κ1) is 16.6. The first-order chi connectivity index (χ1) is 9.40. The number of nitrogens with one attached hydrogen (secondary N) is 1. The molecular weight excluding hydrogens is 326 g/mol. The highest BCUT2D eigenvalue weighted by atomic mass is 79.9. The van der Waals surface area contributed by atoms with Crippen LogP contribution in [0.4, 0.5) is 11.4 Å². The van der Waals surface area contributed by atoms with Crippen LogP contribution in [-0.2, 0) is 4.79 Å². The average Bonchev–Trinajstić information content (AvgIpc) is 2.38. The molecular formula is C13H18BrN3O3. The number of carbonyl (C=O) groups is 1. The summed E-state index contributed by atoms with van der Waals surface area (Å²) in [7, 11) is 0. The maximum Gasteiger partial charge on any atom is 0.274 e. The van der Waals surface area contributed by atoms with Crippen LogP contribution in [0.3, 0.4) is 0 Å². The molecule has 0 aliphatic rings. The van der Waals surface area contributed by atoms with Gasteiger partial charge in [-0.2, -0.15) is 0 Å². The van der Waals surface area contributed by atoms with E-state index in [9.17, 15) is 14.9 Å². The normalized spacial score (nSPS) is 12.0. The zero-order valence-corrected chi connectivity index (χ0v) is 13.1. The second-order valence-electron chi connectivity index (χ2n) is 4.59. The Hall–Kier alpha value is -1.47. The molecule has 0 heterocycles. The molecule has 0 radical (unpaired) electrons. The summed E-state index contributed by atoms with van der Waals surface area (Å²) in [5, 5.41) is 13.6. The highest BCUT2D eigenvalue weighted by molar-refractivity contribution is 9.10. The third kappa shape index (κ3) is 4.01. The van der Waals surface area contributed by atoms with E-state index in [0.29, 0.717) is 22.1 Å². The van der Waals surface area contributed by atoms with E-state index in [0.717, 1.165) is 6.42 Å². The average molecular weight is 344 g/mol. The molecule has 1 atom stereocenters. The number of halogens is 1. The van der Waals surface area contributed by atoms with Gasteiger partial charge in [-0.3, -0.25) is 14.9 Å². The van der Waals surface area contributed by atoms with Gasteiger partial charge in [0.05, 0.1) is 16.5 Å². The van der Waals surface area contributed by atoms with Crippen molar-refractivity contribution >= 4 is 33.2 Å². The van der Waals surface area contributed by atoms with E-state index in [-0.39, 0.29) is 24.1 Å². The van der Waals surface area contributed by atoms with Crippen molar-refractivity contribution in [1.82, 2.24) is 0 Å². The van der Waals surface area contributed by atoms with Crippen molar-refractivity contribution in [2.45, 2.75) is 26.7 Å². The monoisotopic (exact) mass is 343 g/mol. The zero-order chi connectivity index (χ0) is 15.3. The molecule has 6 nitrogen and oxygen atoms in total. The Bertz CT molecular complexity index is 520. The lowest BCUT2D eigenvalue weighted by Gasteiger charge is -2.15. The van der Waals surface area contributed by atoms with E-state index in [4.69, 9.17) is 5.73 Å². The lowest BCUT2D eigenvalue weighted by molar-refractivity contribution is -0.385. The zero-order valence-electron chi connectivity index (χ0n) is 11.5. The number of amides is 1. The number of nitro groups is 1. The minimum atomic E-state index is -0.468. The molecule has 0 bridgehead atoms. The molecule has 0 aliphatic heterocycles. The van der Waals surface area contributed by atoms with Crippen LogP contribution >= 0.6 is 15.9 Å². The van der Waals surface area contributed by atoms with Crippen molar-refractivity contribution in [3.63, 3.8) is 0 Å². The minimum Gasteiger partial charge on any atom is -0.330 e. The van der Waals surface area contributed by atoms with Crippen molar-refractivity contribution in [2.24, 2.45) is 11.7 Å². The smallest absolute Gasteiger partial charge is 0.274 e. The van der Waals surface area contributed by atoms with Crippen LogP contribution in [-0.4, -0.2) is 17.4 Å². The first-order valence-electron chi connectivity index (χ1n) is 6.36. The van der Waals surface area contributed by atoms with E-state index in [2.05, 4.69) is 21.2 Å². The molecule has 0 aromatic heterocycles. The van der Waals surface area contributed by atoms with Gasteiger partial charge in [-0.05, 0) is 35.3 Å². The third-order valence-electron chi connectivity index (χ3n) is 3.03. The topological polar surface area (TPSA) is 98.3 Å². The quantitative estimate of drug-likeness (QED) is 0.612. The summed E-state index contributed by atoms with van der Waals surface area (Å²) < 4.78 is 0.612.